The van der Waals surface area contributed by atoms with E-state index in [1.165, 1.54) is 12.7 Å². The lowest BCUT2D eigenvalue weighted by molar-refractivity contribution is -0.123. The minimum absolute atomic E-state index is 0.0171. The Morgan fingerprint density at radius 2 is 1.88 bits per heavy atom. The predicted molar refractivity (Wildman–Crippen MR) is 131 cm³/mol. The number of fused-ring (bicyclic) bond motifs is 1. The van der Waals surface area contributed by atoms with E-state index in [9.17, 15) is 4.79 Å². The van der Waals surface area contributed by atoms with E-state index in [1.54, 1.807) is 12.4 Å². The van der Waals surface area contributed by atoms with Gasteiger partial charge in [-0.05, 0) is 48.9 Å². The fraction of sp³-hybridized carbons (Fsp3) is 0.192. The Kier molecular flexibility index (Phi) is 6.94. The summed E-state index contributed by atoms with van der Waals surface area (Å²) in [7, 11) is 0. The second-order valence-electron chi connectivity index (χ2n) is 7.91. The Morgan fingerprint density at radius 1 is 1.06 bits per heavy atom. The molecule has 0 aliphatic rings. The smallest absolute Gasteiger partial charge is 0.223 e. The van der Waals surface area contributed by atoms with Crippen molar-refractivity contribution >= 4 is 28.3 Å². The number of amides is 1. The molecule has 1 amide bonds. The average molecular weight is 453 g/mol. The number of anilines is 2. The second kappa shape index (κ2) is 10.4. The van der Waals surface area contributed by atoms with Gasteiger partial charge >= 0.3 is 0 Å². The van der Waals surface area contributed by atoms with Gasteiger partial charge in [0.25, 0.3) is 0 Å². The monoisotopic (exact) mass is 452 g/mol. The zero-order chi connectivity index (χ0) is 23.9. The third kappa shape index (κ3) is 5.64. The molecular formula is C26H24N6O2. The molecule has 0 radical (unpaired) electrons. The summed E-state index contributed by atoms with van der Waals surface area (Å²) in [6.07, 6.45) is 6.21. The number of ether oxygens (including phenoxy) is 1. The first-order valence-corrected chi connectivity index (χ1v) is 10.8. The van der Waals surface area contributed by atoms with Gasteiger partial charge in [0.05, 0.1) is 24.5 Å². The summed E-state index contributed by atoms with van der Waals surface area (Å²) in [6.45, 7) is 5.96. The van der Waals surface area contributed by atoms with Crippen molar-refractivity contribution in [3.63, 3.8) is 0 Å². The lowest BCUT2D eigenvalue weighted by Crippen LogP contribution is -2.27. The molecule has 2 aromatic heterocycles. The summed E-state index contributed by atoms with van der Waals surface area (Å²) in [5.41, 5.74) is 3.43. The Balaban J connectivity index is 1.52. The van der Waals surface area contributed by atoms with Gasteiger partial charge in [0.15, 0.2) is 5.75 Å². The van der Waals surface area contributed by atoms with Gasteiger partial charge in [-0.3, -0.25) is 4.79 Å². The SMILES string of the molecule is Cc1cc(Nc2ncnc3ccc(C#CCNC(=O)C(C)C)cc23)ccc1Oc1cncnc1. The van der Waals surface area contributed by atoms with Crippen LogP contribution in [0.15, 0.2) is 61.4 Å². The van der Waals surface area contributed by atoms with Crippen LogP contribution in [0.1, 0.15) is 25.0 Å². The summed E-state index contributed by atoms with van der Waals surface area (Å²) >= 11 is 0. The molecule has 2 heterocycles. The maximum absolute atomic E-state index is 11.7. The highest BCUT2D eigenvalue weighted by atomic mass is 16.5. The number of carbonyl (C=O) groups is 1. The minimum Gasteiger partial charge on any atom is -0.454 e. The van der Waals surface area contributed by atoms with Gasteiger partial charge < -0.3 is 15.4 Å². The van der Waals surface area contributed by atoms with Gasteiger partial charge in [0, 0.05) is 22.6 Å². The van der Waals surface area contributed by atoms with Crippen molar-refractivity contribution in [3.05, 3.63) is 72.6 Å². The van der Waals surface area contributed by atoms with Crippen LogP contribution in [0.2, 0.25) is 0 Å². The Bertz CT molecular complexity index is 1380. The first kappa shape index (κ1) is 22.7. The highest BCUT2D eigenvalue weighted by molar-refractivity contribution is 5.91. The number of carbonyl (C=O) groups excluding carboxylic acids is 1. The van der Waals surface area contributed by atoms with Crippen molar-refractivity contribution in [2.75, 3.05) is 11.9 Å². The molecule has 170 valence electrons. The average Bonchev–Trinajstić information content (AvgIpc) is 2.84. The molecule has 34 heavy (non-hydrogen) atoms. The fourth-order valence-electron chi connectivity index (χ4n) is 3.16. The van der Waals surface area contributed by atoms with E-state index < -0.39 is 0 Å². The van der Waals surface area contributed by atoms with E-state index in [4.69, 9.17) is 4.74 Å². The molecule has 0 saturated heterocycles. The molecule has 8 nitrogen and oxygen atoms in total. The van der Waals surface area contributed by atoms with E-state index in [-0.39, 0.29) is 11.8 Å². The van der Waals surface area contributed by atoms with Gasteiger partial charge in [-0.25, -0.2) is 19.9 Å². The summed E-state index contributed by atoms with van der Waals surface area (Å²) in [5.74, 6) is 7.96. The highest BCUT2D eigenvalue weighted by Crippen LogP contribution is 2.29. The number of nitrogens with zero attached hydrogens (tertiary/aromatic N) is 4. The minimum atomic E-state index is -0.0649. The van der Waals surface area contributed by atoms with Crippen LogP contribution in [-0.2, 0) is 4.79 Å². The van der Waals surface area contributed by atoms with Gasteiger partial charge in [0.2, 0.25) is 5.91 Å². The van der Waals surface area contributed by atoms with Gasteiger partial charge in [0.1, 0.15) is 24.2 Å². The second-order valence-corrected chi connectivity index (χ2v) is 7.91. The predicted octanol–water partition coefficient (Wildman–Crippen LogP) is 4.39. The highest BCUT2D eigenvalue weighted by Gasteiger charge is 2.08. The standard InChI is InChI=1S/C26H24N6O2/c1-17(2)26(33)29-10-4-5-19-6-8-23-22(12-19)25(31-16-30-23)32-20-7-9-24(18(3)11-20)34-21-13-27-15-28-14-21/h6-9,11-17H,10H2,1-3H3,(H,29,33)(H,30,31,32). The zero-order valence-corrected chi connectivity index (χ0v) is 19.2. The molecule has 8 heteroatoms. The van der Waals surface area contributed by atoms with Crippen molar-refractivity contribution in [1.29, 1.82) is 0 Å². The number of hydrogen-bond donors (Lipinski definition) is 2. The Morgan fingerprint density at radius 3 is 2.65 bits per heavy atom. The molecule has 0 bridgehead atoms. The molecule has 0 aliphatic heterocycles. The summed E-state index contributed by atoms with van der Waals surface area (Å²) in [5, 5.41) is 7.00. The first-order valence-electron chi connectivity index (χ1n) is 10.8. The molecular weight excluding hydrogens is 428 g/mol. The molecule has 0 unspecified atom stereocenters. The lowest BCUT2D eigenvalue weighted by Gasteiger charge is -2.12. The van der Waals surface area contributed by atoms with Crippen LogP contribution in [0.3, 0.4) is 0 Å². The third-order valence-corrected chi connectivity index (χ3v) is 4.95. The first-order chi connectivity index (χ1) is 16.5. The molecule has 4 aromatic rings. The number of rotatable bonds is 6. The molecule has 0 spiro atoms. The molecule has 0 saturated carbocycles. The normalized spacial score (nSPS) is 10.5. The van der Waals surface area contributed by atoms with E-state index in [0.29, 0.717) is 18.1 Å². The van der Waals surface area contributed by atoms with Crippen LogP contribution in [-0.4, -0.2) is 32.4 Å². The van der Waals surface area contributed by atoms with Crippen molar-refractivity contribution in [3.8, 4) is 23.3 Å². The molecule has 0 aliphatic carbocycles. The zero-order valence-electron chi connectivity index (χ0n) is 19.2. The van der Waals surface area contributed by atoms with Crippen LogP contribution in [0.25, 0.3) is 10.9 Å². The third-order valence-electron chi connectivity index (χ3n) is 4.95. The lowest BCUT2D eigenvalue weighted by atomic mass is 10.1. The topological polar surface area (TPSA) is 102 Å². The number of hydrogen-bond acceptors (Lipinski definition) is 7. The number of benzene rings is 2. The number of aryl methyl sites for hydroxylation is 1. The van der Waals surface area contributed by atoms with E-state index in [0.717, 1.165) is 33.5 Å². The van der Waals surface area contributed by atoms with Crippen LogP contribution < -0.4 is 15.4 Å². The summed E-state index contributed by atoms with van der Waals surface area (Å²) in [4.78, 5) is 28.4. The molecule has 4 rings (SSSR count). The van der Waals surface area contributed by atoms with Crippen molar-refractivity contribution in [1.82, 2.24) is 25.3 Å². The van der Waals surface area contributed by atoms with Crippen molar-refractivity contribution in [2.24, 2.45) is 5.92 Å². The van der Waals surface area contributed by atoms with Crippen LogP contribution in [0.4, 0.5) is 11.5 Å². The molecule has 2 N–H and O–H groups in total. The van der Waals surface area contributed by atoms with Gasteiger partial charge in [-0.15, -0.1) is 0 Å². The van der Waals surface area contributed by atoms with E-state index >= 15 is 0 Å². The molecule has 2 aromatic carbocycles. The fourth-order valence-corrected chi connectivity index (χ4v) is 3.16. The van der Waals surface area contributed by atoms with Gasteiger partial charge in [-0.2, -0.15) is 0 Å². The number of aromatic nitrogens is 4. The van der Waals surface area contributed by atoms with Gasteiger partial charge in [-0.1, -0.05) is 25.7 Å². The maximum Gasteiger partial charge on any atom is 0.223 e. The maximum atomic E-state index is 11.7. The van der Waals surface area contributed by atoms with Crippen molar-refractivity contribution in [2.45, 2.75) is 20.8 Å². The van der Waals surface area contributed by atoms with E-state index in [1.807, 2.05) is 57.2 Å². The molecule has 0 fully saturated rings. The Hall–Kier alpha value is -4.51. The Labute approximate surface area is 197 Å². The van der Waals surface area contributed by atoms with Crippen molar-refractivity contribution < 1.29 is 9.53 Å². The molecule has 0 atom stereocenters. The van der Waals surface area contributed by atoms with Crippen LogP contribution in [0.5, 0.6) is 11.5 Å². The van der Waals surface area contributed by atoms with Crippen LogP contribution >= 0.6 is 0 Å². The number of nitrogens with one attached hydrogen (secondary N) is 2. The largest absolute Gasteiger partial charge is 0.454 e. The van der Waals surface area contributed by atoms with E-state index in [2.05, 4.69) is 42.4 Å². The summed E-state index contributed by atoms with van der Waals surface area (Å²) < 4.78 is 5.85. The van der Waals surface area contributed by atoms with Crippen LogP contribution in [0, 0.1) is 24.7 Å². The summed E-state index contributed by atoms with van der Waals surface area (Å²) in [6, 6.07) is 11.5. The quantitative estimate of drug-likeness (QED) is 0.418.